The molecule has 0 aromatic carbocycles. The molecule has 5 nitrogen and oxygen atoms in total. The summed E-state index contributed by atoms with van der Waals surface area (Å²) >= 11 is 0. The third kappa shape index (κ3) is 4.11. The Kier molecular flexibility index (Phi) is 4.95. The van der Waals surface area contributed by atoms with E-state index < -0.39 is 12.0 Å². The number of aromatic nitrogens is 1. The van der Waals surface area contributed by atoms with E-state index >= 15 is 0 Å². The highest BCUT2D eigenvalue weighted by Crippen LogP contribution is 2.11. The number of aliphatic carboxylic acids is 1. The first-order valence-corrected chi connectivity index (χ1v) is 5.53. The summed E-state index contributed by atoms with van der Waals surface area (Å²) in [5, 5.41) is 20.5. The number of hydrogen-bond acceptors (Lipinski definition) is 4. The normalized spacial score (nSPS) is 11.5. The molecule has 0 saturated heterocycles. The summed E-state index contributed by atoms with van der Waals surface area (Å²) in [7, 11) is 0. The fourth-order valence-corrected chi connectivity index (χ4v) is 1.41. The summed E-state index contributed by atoms with van der Waals surface area (Å²) in [6.45, 7) is 2.02. The summed E-state index contributed by atoms with van der Waals surface area (Å²) in [4.78, 5) is 14.9. The van der Waals surface area contributed by atoms with Gasteiger partial charge in [-0.15, -0.1) is 0 Å². The van der Waals surface area contributed by atoms with Crippen molar-refractivity contribution in [2.24, 2.45) is 0 Å². The molecule has 0 aliphatic heterocycles. The van der Waals surface area contributed by atoms with Gasteiger partial charge in [-0.3, -0.25) is 0 Å². The molecule has 0 aliphatic rings. The van der Waals surface area contributed by atoms with Gasteiger partial charge in [0.25, 0.3) is 0 Å². The second kappa shape index (κ2) is 6.48. The molecule has 1 aromatic rings. The van der Waals surface area contributed by atoms with E-state index in [4.69, 9.17) is 10.4 Å². The van der Waals surface area contributed by atoms with Crippen LogP contribution in [0.3, 0.4) is 0 Å². The van der Waals surface area contributed by atoms with E-state index in [1.54, 1.807) is 12.1 Å². The van der Waals surface area contributed by atoms with Gasteiger partial charge in [0.2, 0.25) is 0 Å². The highest BCUT2D eigenvalue weighted by molar-refractivity contribution is 5.77. The zero-order valence-corrected chi connectivity index (χ0v) is 9.68. The molecular formula is C12H15N3O2. The Morgan fingerprint density at radius 1 is 1.65 bits per heavy atom. The van der Waals surface area contributed by atoms with Crippen molar-refractivity contribution in [3.05, 3.63) is 24.0 Å². The van der Waals surface area contributed by atoms with E-state index in [9.17, 15) is 4.79 Å². The Morgan fingerprint density at radius 3 is 2.88 bits per heavy atom. The minimum Gasteiger partial charge on any atom is -0.480 e. The topological polar surface area (TPSA) is 86.0 Å². The van der Waals surface area contributed by atoms with E-state index in [1.165, 1.54) is 6.20 Å². The molecule has 0 amide bonds. The van der Waals surface area contributed by atoms with Crippen LogP contribution in [0.4, 0.5) is 5.69 Å². The molecule has 0 bridgehead atoms. The highest BCUT2D eigenvalue weighted by atomic mass is 16.4. The van der Waals surface area contributed by atoms with Gasteiger partial charge >= 0.3 is 5.97 Å². The maximum atomic E-state index is 11.0. The monoisotopic (exact) mass is 233 g/mol. The maximum Gasteiger partial charge on any atom is 0.326 e. The van der Waals surface area contributed by atoms with Crippen LogP contribution in [0.2, 0.25) is 0 Å². The molecule has 0 unspecified atom stereocenters. The molecule has 2 N–H and O–H groups in total. The smallest absolute Gasteiger partial charge is 0.326 e. The van der Waals surface area contributed by atoms with Crippen molar-refractivity contribution in [3.8, 4) is 6.07 Å². The first kappa shape index (κ1) is 13.0. The fraction of sp³-hybridized carbons (Fsp3) is 0.417. The Morgan fingerprint density at radius 2 is 2.41 bits per heavy atom. The molecule has 0 saturated carbocycles. The van der Waals surface area contributed by atoms with Gasteiger partial charge in [0, 0.05) is 0 Å². The number of rotatable bonds is 6. The van der Waals surface area contributed by atoms with Crippen LogP contribution in [-0.2, 0) is 4.79 Å². The van der Waals surface area contributed by atoms with E-state index in [2.05, 4.69) is 10.3 Å². The summed E-state index contributed by atoms with van der Waals surface area (Å²) in [6, 6.07) is 4.52. The Bertz CT molecular complexity index is 409. The van der Waals surface area contributed by atoms with Crippen molar-refractivity contribution in [2.45, 2.75) is 32.2 Å². The Balaban J connectivity index is 2.65. The Labute approximate surface area is 100 Å². The van der Waals surface area contributed by atoms with Crippen molar-refractivity contribution in [1.82, 2.24) is 4.98 Å². The van der Waals surface area contributed by atoms with Gasteiger partial charge in [-0.2, -0.15) is 5.26 Å². The lowest BCUT2D eigenvalue weighted by atomic mass is 10.1. The van der Waals surface area contributed by atoms with Crippen LogP contribution in [0, 0.1) is 11.3 Å². The van der Waals surface area contributed by atoms with Crippen molar-refractivity contribution < 1.29 is 9.90 Å². The highest BCUT2D eigenvalue weighted by Gasteiger charge is 2.16. The van der Waals surface area contributed by atoms with Crippen molar-refractivity contribution in [3.63, 3.8) is 0 Å². The largest absolute Gasteiger partial charge is 0.480 e. The molecule has 5 heteroatoms. The van der Waals surface area contributed by atoms with Crippen LogP contribution in [0.5, 0.6) is 0 Å². The van der Waals surface area contributed by atoms with Crippen LogP contribution in [-0.4, -0.2) is 22.1 Å². The average Bonchev–Trinajstić information content (AvgIpc) is 2.35. The lowest BCUT2D eigenvalue weighted by Crippen LogP contribution is -2.29. The van der Waals surface area contributed by atoms with Crippen LogP contribution in [0.15, 0.2) is 18.3 Å². The first-order chi connectivity index (χ1) is 8.17. The summed E-state index contributed by atoms with van der Waals surface area (Å²) in [6.07, 6.45) is 3.86. The molecule has 1 heterocycles. The van der Waals surface area contributed by atoms with Gasteiger partial charge in [-0.25, -0.2) is 9.78 Å². The maximum absolute atomic E-state index is 11.0. The predicted octanol–water partition coefficient (Wildman–Crippen LogP) is 2.01. The zero-order valence-electron chi connectivity index (χ0n) is 9.68. The second-order valence-electron chi connectivity index (χ2n) is 3.72. The minimum absolute atomic E-state index is 0.316. The minimum atomic E-state index is -0.872. The van der Waals surface area contributed by atoms with Gasteiger partial charge in [0.15, 0.2) is 0 Å². The molecule has 90 valence electrons. The van der Waals surface area contributed by atoms with E-state index in [1.807, 2.05) is 13.0 Å². The number of pyridine rings is 1. The van der Waals surface area contributed by atoms with Gasteiger partial charge in [0.05, 0.1) is 11.9 Å². The molecule has 0 fully saturated rings. The fourth-order valence-electron chi connectivity index (χ4n) is 1.41. The van der Waals surface area contributed by atoms with Crippen LogP contribution < -0.4 is 5.32 Å². The summed E-state index contributed by atoms with van der Waals surface area (Å²) < 4.78 is 0. The van der Waals surface area contributed by atoms with Crippen LogP contribution in [0.25, 0.3) is 0 Å². The number of carbonyl (C=O) groups is 1. The lowest BCUT2D eigenvalue weighted by Gasteiger charge is -2.14. The summed E-state index contributed by atoms with van der Waals surface area (Å²) in [5.74, 6) is -0.872. The third-order valence-electron chi connectivity index (χ3n) is 2.36. The van der Waals surface area contributed by atoms with Crippen LogP contribution >= 0.6 is 0 Å². The molecule has 1 atom stereocenters. The number of hydrogen-bond donors (Lipinski definition) is 2. The van der Waals surface area contributed by atoms with E-state index in [-0.39, 0.29) is 0 Å². The molecule has 1 aromatic heterocycles. The van der Waals surface area contributed by atoms with Crippen molar-refractivity contribution in [2.75, 3.05) is 5.32 Å². The van der Waals surface area contributed by atoms with E-state index in [0.717, 1.165) is 12.8 Å². The van der Waals surface area contributed by atoms with Gasteiger partial charge in [0.1, 0.15) is 17.8 Å². The number of nitrogens with zero attached hydrogens (tertiary/aromatic N) is 2. The van der Waals surface area contributed by atoms with E-state index in [0.29, 0.717) is 17.8 Å². The zero-order chi connectivity index (χ0) is 12.7. The SMILES string of the molecule is CCCC[C@H](Nc1ccc(C#N)nc1)C(=O)O. The number of carboxylic acid groups (broad SMARTS) is 1. The number of nitriles is 1. The average molecular weight is 233 g/mol. The second-order valence-corrected chi connectivity index (χ2v) is 3.72. The standard InChI is InChI=1S/C12H15N3O2/c1-2-3-4-11(12(16)17)15-10-6-5-9(7-13)14-8-10/h5-6,8,11,15H,2-4H2,1H3,(H,16,17)/t11-/m0/s1. The van der Waals surface area contributed by atoms with Gasteiger partial charge in [-0.1, -0.05) is 19.8 Å². The molecule has 17 heavy (non-hydrogen) atoms. The van der Waals surface area contributed by atoms with Gasteiger partial charge < -0.3 is 10.4 Å². The van der Waals surface area contributed by atoms with Gasteiger partial charge in [-0.05, 0) is 18.6 Å². The molecular weight excluding hydrogens is 218 g/mol. The molecule has 0 aliphatic carbocycles. The lowest BCUT2D eigenvalue weighted by molar-refractivity contribution is -0.138. The number of unbranched alkanes of at least 4 members (excludes halogenated alkanes) is 1. The number of anilines is 1. The van der Waals surface area contributed by atoms with Crippen LogP contribution in [0.1, 0.15) is 31.9 Å². The summed E-state index contributed by atoms with van der Waals surface area (Å²) in [5.41, 5.74) is 0.934. The quantitative estimate of drug-likeness (QED) is 0.784. The predicted molar refractivity (Wildman–Crippen MR) is 63.5 cm³/mol. The third-order valence-corrected chi connectivity index (χ3v) is 2.36. The van der Waals surface area contributed by atoms with Crippen molar-refractivity contribution in [1.29, 1.82) is 5.26 Å². The molecule has 0 radical (unpaired) electrons. The number of nitrogens with one attached hydrogen (secondary N) is 1. The first-order valence-electron chi connectivity index (χ1n) is 5.53. The van der Waals surface area contributed by atoms with Crippen molar-refractivity contribution >= 4 is 11.7 Å². The Hall–Kier alpha value is -2.09. The number of carboxylic acids is 1. The molecule has 1 rings (SSSR count). The molecule has 0 spiro atoms.